The van der Waals surface area contributed by atoms with Crippen LogP contribution in [0.5, 0.6) is 0 Å². The number of hydrogen-bond donors (Lipinski definition) is 1. The van der Waals surface area contributed by atoms with Crippen LogP contribution in [0.2, 0.25) is 0 Å². The molecule has 1 nitrogen and oxygen atoms in total. The first-order valence-electron chi connectivity index (χ1n) is 5.69. The van der Waals surface area contributed by atoms with Gasteiger partial charge in [-0.3, -0.25) is 0 Å². The van der Waals surface area contributed by atoms with Crippen molar-refractivity contribution in [2.24, 2.45) is 0 Å². The van der Waals surface area contributed by atoms with E-state index in [4.69, 9.17) is 0 Å². The van der Waals surface area contributed by atoms with Crippen molar-refractivity contribution in [2.45, 2.75) is 19.9 Å². The van der Waals surface area contributed by atoms with E-state index in [2.05, 4.69) is 18.8 Å². The van der Waals surface area contributed by atoms with Gasteiger partial charge in [0.2, 0.25) is 0 Å². The molecular formula is C14H16FNS. The van der Waals surface area contributed by atoms with E-state index in [1.165, 1.54) is 10.9 Å². The molecule has 17 heavy (non-hydrogen) atoms. The fourth-order valence-electron chi connectivity index (χ4n) is 1.90. The molecule has 2 aromatic rings. The van der Waals surface area contributed by atoms with Gasteiger partial charge in [-0.15, -0.1) is 11.3 Å². The molecule has 90 valence electrons. The van der Waals surface area contributed by atoms with Crippen molar-refractivity contribution in [3.8, 4) is 0 Å². The van der Waals surface area contributed by atoms with E-state index in [0.717, 1.165) is 22.2 Å². The largest absolute Gasteiger partial charge is 0.306 e. The molecular weight excluding hydrogens is 233 g/mol. The Balaban J connectivity index is 2.43. The maximum atomic E-state index is 13.1. The van der Waals surface area contributed by atoms with Gasteiger partial charge in [-0.2, -0.15) is 0 Å². The Morgan fingerprint density at radius 1 is 1.47 bits per heavy atom. The Morgan fingerprint density at radius 2 is 2.24 bits per heavy atom. The standard InChI is InChI=1S/C14H16FNS/c1-4-16-14(9(2)3)13-8-10-7-11(15)5-6-12(10)17-13/h5-8,14,16H,2,4H2,1,3H3. The monoisotopic (exact) mass is 249 g/mol. The molecule has 1 unspecified atom stereocenters. The molecule has 0 saturated heterocycles. The highest BCUT2D eigenvalue weighted by molar-refractivity contribution is 7.19. The van der Waals surface area contributed by atoms with Crippen molar-refractivity contribution in [1.82, 2.24) is 5.32 Å². The van der Waals surface area contributed by atoms with Crippen LogP contribution < -0.4 is 5.32 Å². The predicted molar refractivity (Wildman–Crippen MR) is 73.0 cm³/mol. The number of benzene rings is 1. The highest BCUT2D eigenvalue weighted by Gasteiger charge is 2.14. The first-order chi connectivity index (χ1) is 8.11. The average molecular weight is 249 g/mol. The zero-order chi connectivity index (χ0) is 12.4. The Bertz CT molecular complexity index is 544. The molecule has 1 atom stereocenters. The number of nitrogens with one attached hydrogen (secondary N) is 1. The van der Waals surface area contributed by atoms with E-state index >= 15 is 0 Å². The molecule has 0 spiro atoms. The maximum absolute atomic E-state index is 13.1. The summed E-state index contributed by atoms with van der Waals surface area (Å²) in [6.07, 6.45) is 0. The van der Waals surface area contributed by atoms with Crippen LogP contribution in [-0.4, -0.2) is 6.54 Å². The summed E-state index contributed by atoms with van der Waals surface area (Å²) < 4.78 is 14.2. The SMILES string of the molecule is C=C(C)C(NCC)c1cc2cc(F)ccc2s1. The van der Waals surface area contributed by atoms with E-state index in [9.17, 15) is 4.39 Å². The van der Waals surface area contributed by atoms with Gasteiger partial charge in [0.25, 0.3) is 0 Å². The van der Waals surface area contributed by atoms with E-state index in [-0.39, 0.29) is 11.9 Å². The van der Waals surface area contributed by atoms with Gasteiger partial charge in [0, 0.05) is 9.58 Å². The third-order valence-corrected chi connectivity index (χ3v) is 3.86. The molecule has 3 heteroatoms. The fraction of sp³-hybridized carbons (Fsp3) is 0.286. The topological polar surface area (TPSA) is 12.0 Å². The van der Waals surface area contributed by atoms with Crippen molar-refractivity contribution >= 4 is 21.4 Å². The molecule has 0 radical (unpaired) electrons. The summed E-state index contributed by atoms with van der Waals surface area (Å²) in [5, 5.41) is 4.36. The van der Waals surface area contributed by atoms with E-state index in [0.29, 0.717) is 0 Å². The van der Waals surface area contributed by atoms with Gasteiger partial charge in [-0.1, -0.05) is 19.1 Å². The minimum Gasteiger partial charge on any atom is -0.306 e. The number of fused-ring (bicyclic) bond motifs is 1. The molecule has 1 aromatic carbocycles. The summed E-state index contributed by atoms with van der Waals surface area (Å²) in [4.78, 5) is 1.19. The van der Waals surface area contributed by atoms with E-state index in [1.54, 1.807) is 17.4 Å². The quantitative estimate of drug-likeness (QED) is 0.798. The lowest BCUT2D eigenvalue weighted by molar-refractivity contribution is 0.628. The summed E-state index contributed by atoms with van der Waals surface area (Å²) in [6.45, 7) is 8.98. The molecule has 0 saturated carbocycles. The molecule has 0 bridgehead atoms. The molecule has 1 aromatic heterocycles. The molecule has 2 rings (SSSR count). The lowest BCUT2D eigenvalue weighted by Gasteiger charge is -2.15. The Hall–Kier alpha value is -1.19. The Kier molecular flexibility index (Phi) is 3.60. The highest BCUT2D eigenvalue weighted by Crippen LogP contribution is 2.32. The molecule has 0 aliphatic heterocycles. The predicted octanol–water partition coefficient (Wildman–Crippen LogP) is 4.27. The van der Waals surface area contributed by atoms with Crippen molar-refractivity contribution in [3.05, 3.63) is 47.1 Å². The van der Waals surface area contributed by atoms with Gasteiger partial charge in [0.1, 0.15) is 5.82 Å². The molecule has 0 amide bonds. The van der Waals surface area contributed by atoms with Crippen molar-refractivity contribution in [3.63, 3.8) is 0 Å². The van der Waals surface area contributed by atoms with Crippen LogP contribution in [0.1, 0.15) is 24.8 Å². The average Bonchev–Trinajstić information content (AvgIpc) is 2.67. The van der Waals surface area contributed by atoms with Crippen LogP contribution in [0.15, 0.2) is 36.4 Å². The third-order valence-electron chi connectivity index (χ3n) is 2.68. The van der Waals surface area contributed by atoms with Crippen LogP contribution in [0.4, 0.5) is 4.39 Å². The zero-order valence-electron chi connectivity index (χ0n) is 10.1. The van der Waals surface area contributed by atoms with Crippen molar-refractivity contribution in [2.75, 3.05) is 6.54 Å². The maximum Gasteiger partial charge on any atom is 0.123 e. The first-order valence-corrected chi connectivity index (χ1v) is 6.51. The van der Waals surface area contributed by atoms with Crippen molar-refractivity contribution < 1.29 is 4.39 Å². The normalized spacial score (nSPS) is 12.9. The second kappa shape index (κ2) is 4.98. The molecule has 1 N–H and O–H groups in total. The second-order valence-corrected chi connectivity index (χ2v) is 5.28. The van der Waals surface area contributed by atoms with Crippen molar-refractivity contribution in [1.29, 1.82) is 0 Å². The molecule has 0 aliphatic carbocycles. The summed E-state index contributed by atoms with van der Waals surface area (Å²) in [5.41, 5.74) is 1.08. The summed E-state index contributed by atoms with van der Waals surface area (Å²) >= 11 is 1.69. The number of rotatable bonds is 4. The van der Waals surface area contributed by atoms with Crippen LogP contribution in [0.3, 0.4) is 0 Å². The van der Waals surface area contributed by atoms with Gasteiger partial charge < -0.3 is 5.32 Å². The van der Waals surface area contributed by atoms with Crippen LogP contribution in [0.25, 0.3) is 10.1 Å². The van der Waals surface area contributed by atoms with Gasteiger partial charge >= 0.3 is 0 Å². The second-order valence-electron chi connectivity index (χ2n) is 4.17. The molecule has 0 fully saturated rings. The minimum atomic E-state index is -0.183. The van der Waals surface area contributed by atoms with Crippen LogP contribution >= 0.6 is 11.3 Å². The third kappa shape index (κ3) is 2.56. The molecule has 0 aliphatic rings. The highest BCUT2D eigenvalue weighted by atomic mass is 32.1. The number of halogens is 1. The number of thiophene rings is 1. The fourth-order valence-corrected chi connectivity index (χ4v) is 3.11. The first kappa shape index (κ1) is 12.3. The molecule has 1 heterocycles. The van der Waals surface area contributed by atoms with Crippen LogP contribution in [0, 0.1) is 5.82 Å². The Labute approximate surface area is 105 Å². The number of likely N-dealkylation sites (N-methyl/N-ethyl adjacent to an activating group) is 1. The minimum absolute atomic E-state index is 0.167. The van der Waals surface area contributed by atoms with E-state index < -0.39 is 0 Å². The smallest absolute Gasteiger partial charge is 0.123 e. The zero-order valence-corrected chi connectivity index (χ0v) is 10.9. The number of hydrogen-bond acceptors (Lipinski definition) is 2. The summed E-state index contributed by atoms with van der Waals surface area (Å²) in [5.74, 6) is -0.183. The lowest BCUT2D eigenvalue weighted by Crippen LogP contribution is -2.20. The summed E-state index contributed by atoms with van der Waals surface area (Å²) in [6, 6.07) is 7.13. The van der Waals surface area contributed by atoms with Crippen LogP contribution in [-0.2, 0) is 0 Å². The summed E-state index contributed by atoms with van der Waals surface area (Å²) in [7, 11) is 0. The Morgan fingerprint density at radius 3 is 2.88 bits per heavy atom. The van der Waals surface area contributed by atoms with Gasteiger partial charge in [0.05, 0.1) is 6.04 Å². The van der Waals surface area contributed by atoms with Gasteiger partial charge in [0.15, 0.2) is 0 Å². The van der Waals surface area contributed by atoms with Gasteiger partial charge in [-0.25, -0.2) is 4.39 Å². The lowest BCUT2D eigenvalue weighted by atomic mass is 10.1. The van der Waals surface area contributed by atoms with Gasteiger partial charge in [-0.05, 0) is 43.1 Å². The van der Waals surface area contributed by atoms with E-state index in [1.807, 2.05) is 19.1 Å².